The minimum atomic E-state index is -0.207. The van der Waals surface area contributed by atoms with Crippen molar-refractivity contribution < 1.29 is 9.59 Å². The number of aryl methyl sites for hydroxylation is 1. The maximum Gasteiger partial charge on any atom is 0.251 e. The monoisotopic (exact) mass is 559 g/mol. The van der Waals surface area contributed by atoms with E-state index in [2.05, 4.69) is 49.5 Å². The van der Waals surface area contributed by atoms with Gasteiger partial charge < -0.3 is 25.5 Å². The fraction of sp³-hybridized carbons (Fsp3) is 0.226. The van der Waals surface area contributed by atoms with Gasteiger partial charge in [-0.25, -0.2) is 15.0 Å². The summed E-state index contributed by atoms with van der Waals surface area (Å²) in [6.07, 6.45) is 6.02. The SMILES string of the molecule is CC(=O)N1CC=C(c2cc(Cn3cnc4c(N)ncnc43)c3[nH]c(CNC(=O)c4ccc(C#N)cc4C)cc3c2)CC1. The van der Waals surface area contributed by atoms with Crippen LogP contribution < -0.4 is 11.1 Å². The minimum absolute atomic E-state index is 0.0724. The highest BCUT2D eigenvalue weighted by Gasteiger charge is 2.18. The minimum Gasteiger partial charge on any atom is -0.382 e. The van der Waals surface area contributed by atoms with Crippen LogP contribution in [0.25, 0.3) is 27.6 Å². The van der Waals surface area contributed by atoms with Gasteiger partial charge in [0.1, 0.15) is 11.8 Å². The highest BCUT2D eigenvalue weighted by Crippen LogP contribution is 2.30. The number of aromatic nitrogens is 5. The van der Waals surface area contributed by atoms with E-state index in [9.17, 15) is 9.59 Å². The number of rotatable bonds is 6. The standard InChI is InChI=1S/C31H29N9O2/c1-18-9-20(13-32)3-4-26(18)31(42)34-14-25-12-23-10-22(21-5-7-39(8-6-21)19(2)41)11-24(27(23)38-25)15-40-17-37-28-29(33)35-16-36-30(28)40/h3-5,9-12,16-17,38H,6-8,14-15H2,1-2H3,(H,34,42)(H2,33,35,36). The summed E-state index contributed by atoms with van der Waals surface area (Å²) < 4.78 is 1.94. The van der Waals surface area contributed by atoms with E-state index in [0.717, 1.165) is 39.7 Å². The Morgan fingerprint density at radius 3 is 2.76 bits per heavy atom. The number of hydrogen-bond acceptors (Lipinski definition) is 7. The molecule has 42 heavy (non-hydrogen) atoms. The Bertz CT molecular complexity index is 1940. The van der Waals surface area contributed by atoms with E-state index in [0.29, 0.717) is 54.3 Å². The summed E-state index contributed by atoms with van der Waals surface area (Å²) in [5.74, 6) is 0.194. The van der Waals surface area contributed by atoms with Gasteiger partial charge in [-0.2, -0.15) is 5.26 Å². The molecule has 0 fully saturated rings. The van der Waals surface area contributed by atoms with Crippen LogP contribution in [0.4, 0.5) is 5.82 Å². The molecule has 5 aromatic rings. The van der Waals surface area contributed by atoms with Gasteiger partial charge in [0, 0.05) is 36.7 Å². The first-order valence-electron chi connectivity index (χ1n) is 13.6. The molecule has 4 N–H and O–H groups in total. The molecule has 0 saturated heterocycles. The number of hydrogen-bond donors (Lipinski definition) is 3. The molecule has 0 saturated carbocycles. The molecule has 2 aromatic carbocycles. The predicted octanol–water partition coefficient (Wildman–Crippen LogP) is 3.68. The van der Waals surface area contributed by atoms with Crippen molar-refractivity contribution in [2.45, 2.75) is 33.4 Å². The number of carbonyl (C=O) groups excluding carboxylic acids is 2. The lowest BCUT2D eigenvalue weighted by Gasteiger charge is -2.25. The molecule has 1 aliphatic rings. The number of carbonyl (C=O) groups is 2. The maximum absolute atomic E-state index is 12.9. The third kappa shape index (κ3) is 5.06. The molecule has 0 radical (unpaired) electrons. The molecule has 210 valence electrons. The lowest BCUT2D eigenvalue weighted by Crippen LogP contribution is -2.32. The molecule has 0 bridgehead atoms. The number of nitrogen functional groups attached to an aromatic ring is 1. The number of nitriles is 1. The topological polar surface area (TPSA) is 159 Å². The number of fused-ring (bicyclic) bond motifs is 2. The Kier molecular flexibility index (Phi) is 6.88. The van der Waals surface area contributed by atoms with Crippen molar-refractivity contribution in [3.8, 4) is 6.07 Å². The summed E-state index contributed by atoms with van der Waals surface area (Å²) in [4.78, 5) is 43.0. The second-order valence-corrected chi connectivity index (χ2v) is 10.5. The number of nitrogens with zero attached hydrogens (tertiary/aromatic N) is 6. The van der Waals surface area contributed by atoms with Crippen molar-refractivity contribution in [2.75, 3.05) is 18.8 Å². The Morgan fingerprint density at radius 2 is 2.02 bits per heavy atom. The number of anilines is 1. The van der Waals surface area contributed by atoms with Crippen LogP contribution >= 0.6 is 0 Å². The van der Waals surface area contributed by atoms with E-state index in [1.165, 1.54) is 11.9 Å². The van der Waals surface area contributed by atoms with Crippen molar-refractivity contribution >= 4 is 45.3 Å². The Hall–Kier alpha value is -5.50. The highest BCUT2D eigenvalue weighted by atomic mass is 16.2. The van der Waals surface area contributed by atoms with Crippen molar-refractivity contribution in [2.24, 2.45) is 0 Å². The summed E-state index contributed by atoms with van der Waals surface area (Å²) in [5.41, 5.74) is 14.1. The Labute approximate surface area is 241 Å². The van der Waals surface area contributed by atoms with Crippen LogP contribution in [-0.4, -0.2) is 54.3 Å². The molecule has 0 aliphatic carbocycles. The van der Waals surface area contributed by atoms with Gasteiger partial charge in [-0.3, -0.25) is 9.59 Å². The van der Waals surface area contributed by atoms with E-state index in [-0.39, 0.29) is 11.8 Å². The van der Waals surface area contributed by atoms with Crippen LogP contribution in [0.2, 0.25) is 0 Å². The van der Waals surface area contributed by atoms with E-state index >= 15 is 0 Å². The molecule has 2 amide bonds. The second-order valence-electron chi connectivity index (χ2n) is 10.5. The van der Waals surface area contributed by atoms with Gasteiger partial charge >= 0.3 is 0 Å². The molecule has 3 aromatic heterocycles. The number of nitrogens with two attached hydrogens (primary N) is 1. The van der Waals surface area contributed by atoms with Crippen molar-refractivity contribution in [3.05, 3.63) is 88.6 Å². The van der Waals surface area contributed by atoms with E-state index in [1.54, 1.807) is 31.5 Å². The number of H-pyrrole nitrogens is 1. The summed E-state index contributed by atoms with van der Waals surface area (Å²) in [5, 5.41) is 13.1. The van der Waals surface area contributed by atoms with Crippen molar-refractivity contribution in [1.82, 2.24) is 34.7 Å². The van der Waals surface area contributed by atoms with Crippen molar-refractivity contribution in [3.63, 3.8) is 0 Å². The molecule has 0 atom stereocenters. The van der Waals surface area contributed by atoms with Gasteiger partial charge in [-0.15, -0.1) is 0 Å². The molecular formula is C31H29N9O2. The molecule has 4 heterocycles. The third-order valence-electron chi connectivity index (χ3n) is 7.70. The number of benzene rings is 2. The fourth-order valence-corrected chi connectivity index (χ4v) is 5.46. The quantitative estimate of drug-likeness (QED) is 0.286. The molecular weight excluding hydrogens is 530 g/mol. The zero-order chi connectivity index (χ0) is 29.4. The molecule has 0 unspecified atom stereocenters. The van der Waals surface area contributed by atoms with Crippen LogP contribution in [0, 0.1) is 18.3 Å². The summed E-state index contributed by atoms with van der Waals surface area (Å²) in [7, 11) is 0. The maximum atomic E-state index is 12.9. The first-order valence-corrected chi connectivity index (χ1v) is 13.6. The van der Waals surface area contributed by atoms with Crippen LogP contribution in [0.5, 0.6) is 0 Å². The average molecular weight is 560 g/mol. The zero-order valence-electron chi connectivity index (χ0n) is 23.3. The van der Waals surface area contributed by atoms with Gasteiger partial charge in [-0.1, -0.05) is 6.08 Å². The largest absolute Gasteiger partial charge is 0.382 e. The van der Waals surface area contributed by atoms with E-state index < -0.39 is 0 Å². The predicted molar refractivity (Wildman–Crippen MR) is 159 cm³/mol. The van der Waals surface area contributed by atoms with Gasteiger partial charge in [0.15, 0.2) is 11.5 Å². The number of aromatic amines is 1. The lowest BCUT2D eigenvalue weighted by molar-refractivity contribution is -0.128. The third-order valence-corrected chi connectivity index (χ3v) is 7.70. The fourth-order valence-electron chi connectivity index (χ4n) is 5.46. The van der Waals surface area contributed by atoms with Gasteiger partial charge in [0.2, 0.25) is 5.91 Å². The number of amides is 2. The normalized spacial score (nSPS) is 13.3. The van der Waals surface area contributed by atoms with Gasteiger partial charge in [0.05, 0.1) is 36.6 Å². The molecule has 1 aliphatic heterocycles. The molecule has 11 nitrogen and oxygen atoms in total. The van der Waals surface area contributed by atoms with Gasteiger partial charge in [0.25, 0.3) is 5.91 Å². The van der Waals surface area contributed by atoms with Crippen LogP contribution in [0.3, 0.4) is 0 Å². The Balaban J connectivity index is 1.34. The first kappa shape index (κ1) is 26.7. The first-order chi connectivity index (χ1) is 20.3. The summed E-state index contributed by atoms with van der Waals surface area (Å²) in [6.45, 7) is 5.46. The number of nitrogens with one attached hydrogen (secondary N) is 2. The molecule has 0 spiro atoms. The van der Waals surface area contributed by atoms with Crippen LogP contribution in [0.1, 0.15) is 51.7 Å². The smallest absolute Gasteiger partial charge is 0.251 e. The summed E-state index contributed by atoms with van der Waals surface area (Å²) >= 11 is 0. The average Bonchev–Trinajstić information content (AvgIpc) is 3.60. The number of imidazole rings is 1. The zero-order valence-corrected chi connectivity index (χ0v) is 23.3. The lowest BCUT2D eigenvalue weighted by atomic mass is 9.96. The van der Waals surface area contributed by atoms with Gasteiger partial charge in [-0.05, 0) is 72.0 Å². The molecule has 6 rings (SSSR count). The van der Waals surface area contributed by atoms with Crippen LogP contribution in [0.15, 0.2) is 55.1 Å². The second kappa shape index (κ2) is 10.8. The van der Waals surface area contributed by atoms with Crippen molar-refractivity contribution in [1.29, 1.82) is 5.26 Å². The molecule has 11 heteroatoms. The van der Waals surface area contributed by atoms with E-state index in [1.807, 2.05) is 22.5 Å². The van der Waals surface area contributed by atoms with E-state index in [4.69, 9.17) is 11.0 Å². The Morgan fingerprint density at radius 1 is 1.17 bits per heavy atom. The highest BCUT2D eigenvalue weighted by molar-refractivity contribution is 5.96. The van der Waals surface area contributed by atoms with Crippen LogP contribution in [-0.2, 0) is 17.9 Å². The summed E-state index contributed by atoms with van der Waals surface area (Å²) in [6, 6.07) is 13.5.